The van der Waals surface area contributed by atoms with Crippen LogP contribution in [-0.2, 0) is 6.54 Å². The van der Waals surface area contributed by atoms with Crippen LogP contribution in [0.2, 0.25) is 0 Å². The van der Waals surface area contributed by atoms with E-state index in [9.17, 15) is 14.7 Å². The molecule has 0 fully saturated rings. The molecule has 2 heterocycles. The summed E-state index contributed by atoms with van der Waals surface area (Å²) in [6, 6.07) is 10.4. The first-order valence-electron chi connectivity index (χ1n) is 8.21. The van der Waals surface area contributed by atoms with E-state index in [0.717, 1.165) is 12.0 Å². The minimum Gasteiger partial charge on any atom is -0.506 e. The van der Waals surface area contributed by atoms with Gasteiger partial charge in [-0.25, -0.2) is 5.43 Å². The number of pyridine rings is 2. The molecule has 7 nitrogen and oxygen atoms in total. The Balaban J connectivity index is 2.00. The predicted octanol–water partition coefficient (Wildman–Crippen LogP) is 2.28. The number of carbonyl (C=O) groups excluding carboxylic acids is 1. The van der Waals surface area contributed by atoms with Crippen molar-refractivity contribution in [2.75, 3.05) is 0 Å². The van der Waals surface area contributed by atoms with Crippen molar-refractivity contribution in [3.63, 3.8) is 0 Å². The van der Waals surface area contributed by atoms with Gasteiger partial charge in [0, 0.05) is 24.3 Å². The molecule has 0 saturated heterocycles. The third kappa shape index (κ3) is 3.32. The zero-order chi connectivity index (χ0) is 18.5. The van der Waals surface area contributed by atoms with Crippen molar-refractivity contribution in [2.24, 2.45) is 5.10 Å². The molecule has 2 aromatic heterocycles. The zero-order valence-electron chi connectivity index (χ0n) is 14.2. The van der Waals surface area contributed by atoms with Gasteiger partial charge in [0.25, 0.3) is 11.5 Å². The molecule has 0 spiro atoms. The Morgan fingerprint density at radius 3 is 2.73 bits per heavy atom. The molecule has 0 bridgehead atoms. The van der Waals surface area contributed by atoms with Gasteiger partial charge in [0.2, 0.25) is 0 Å². The minimum atomic E-state index is -0.756. The number of para-hydroxylation sites is 1. The molecule has 0 unspecified atom stereocenters. The average Bonchev–Trinajstić information content (AvgIpc) is 2.66. The summed E-state index contributed by atoms with van der Waals surface area (Å²) in [4.78, 5) is 29.1. The van der Waals surface area contributed by atoms with Crippen molar-refractivity contribution in [3.05, 3.63) is 70.3 Å². The number of nitrogens with zero attached hydrogens (tertiary/aromatic N) is 3. The molecule has 0 aliphatic carbocycles. The van der Waals surface area contributed by atoms with Crippen LogP contribution in [0, 0.1) is 0 Å². The topological polar surface area (TPSA) is 96.6 Å². The quantitative estimate of drug-likeness (QED) is 0.545. The number of amides is 1. The third-order valence-corrected chi connectivity index (χ3v) is 3.91. The SMILES string of the molecule is CCCn1c(=O)c(C(=O)N/N=C\c2ccncc2)c(O)c2ccccc21. The lowest BCUT2D eigenvalue weighted by molar-refractivity contribution is 0.0950. The number of aromatic hydroxyl groups is 1. The minimum absolute atomic E-state index is 0.316. The molecule has 2 N–H and O–H groups in total. The van der Waals surface area contributed by atoms with E-state index >= 15 is 0 Å². The molecule has 0 radical (unpaired) electrons. The summed E-state index contributed by atoms with van der Waals surface area (Å²) in [5, 5.41) is 14.8. The van der Waals surface area contributed by atoms with Crippen molar-refractivity contribution < 1.29 is 9.90 Å². The van der Waals surface area contributed by atoms with Gasteiger partial charge in [-0.3, -0.25) is 14.6 Å². The maximum Gasteiger partial charge on any atom is 0.280 e. The number of hydrogen-bond donors (Lipinski definition) is 2. The lowest BCUT2D eigenvalue weighted by atomic mass is 10.1. The summed E-state index contributed by atoms with van der Waals surface area (Å²) in [5.41, 5.74) is 2.78. The summed E-state index contributed by atoms with van der Waals surface area (Å²) < 4.78 is 1.50. The van der Waals surface area contributed by atoms with Crippen LogP contribution >= 0.6 is 0 Å². The Kier molecular flexibility index (Phi) is 5.07. The molecule has 3 aromatic rings. The fraction of sp³-hybridized carbons (Fsp3) is 0.158. The Bertz CT molecular complexity index is 1030. The van der Waals surface area contributed by atoms with E-state index in [1.807, 2.05) is 6.92 Å². The van der Waals surface area contributed by atoms with Crippen molar-refractivity contribution in [3.8, 4) is 5.75 Å². The van der Waals surface area contributed by atoms with Gasteiger partial charge in [0.15, 0.2) is 0 Å². The van der Waals surface area contributed by atoms with E-state index < -0.39 is 11.5 Å². The molecule has 1 aromatic carbocycles. The fourth-order valence-electron chi connectivity index (χ4n) is 2.71. The van der Waals surface area contributed by atoms with Gasteiger partial charge in [0.05, 0.1) is 11.7 Å². The maximum absolute atomic E-state index is 12.8. The van der Waals surface area contributed by atoms with Gasteiger partial charge >= 0.3 is 0 Å². The molecule has 1 amide bonds. The highest BCUT2D eigenvalue weighted by Crippen LogP contribution is 2.26. The van der Waals surface area contributed by atoms with Crippen molar-refractivity contribution in [1.82, 2.24) is 15.0 Å². The highest BCUT2D eigenvalue weighted by molar-refractivity contribution is 6.02. The van der Waals surface area contributed by atoms with Gasteiger partial charge in [-0.2, -0.15) is 5.10 Å². The first kappa shape index (κ1) is 17.3. The first-order valence-corrected chi connectivity index (χ1v) is 8.21. The summed E-state index contributed by atoms with van der Waals surface area (Å²) in [6.45, 7) is 2.38. The number of rotatable bonds is 5. The van der Waals surface area contributed by atoms with E-state index in [1.165, 1.54) is 10.8 Å². The predicted molar refractivity (Wildman–Crippen MR) is 99.5 cm³/mol. The van der Waals surface area contributed by atoms with E-state index in [2.05, 4.69) is 15.5 Å². The van der Waals surface area contributed by atoms with Gasteiger partial charge < -0.3 is 9.67 Å². The monoisotopic (exact) mass is 350 g/mol. The Hall–Kier alpha value is -3.48. The maximum atomic E-state index is 12.8. The summed E-state index contributed by atoms with van der Waals surface area (Å²) >= 11 is 0. The van der Waals surface area contributed by atoms with Gasteiger partial charge in [-0.15, -0.1) is 0 Å². The number of hydrogen-bond acceptors (Lipinski definition) is 5. The molecule has 0 saturated carbocycles. The van der Waals surface area contributed by atoms with E-state index in [1.54, 1.807) is 48.8 Å². The molecule has 7 heteroatoms. The van der Waals surface area contributed by atoms with Crippen LogP contribution in [0.3, 0.4) is 0 Å². The standard InChI is InChI=1S/C19H18N4O3/c1-2-11-23-15-6-4-3-5-14(15)17(24)16(19(23)26)18(25)22-21-12-13-7-9-20-10-8-13/h3-10,12,24H,2,11H2,1H3,(H,22,25)/b21-12-. The molecule has 132 valence electrons. The fourth-order valence-corrected chi connectivity index (χ4v) is 2.71. The molecular formula is C19H18N4O3. The number of hydrazone groups is 1. The number of nitrogens with one attached hydrogen (secondary N) is 1. The van der Waals surface area contributed by atoms with Crippen LogP contribution in [0.5, 0.6) is 5.75 Å². The second-order valence-electron chi connectivity index (χ2n) is 5.68. The highest BCUT2D eigenvalue weighted by Gasteiger charge is 2.21. The smallest absolute Gasteiger partial charge is 0.280 e. The normalized spacial score (nSPS) is 11.1. The van der Waals surface area contributed by atoms with E-state index in [0.29, 0.717) is 17.4 Å². The van der Waals surface area contributed by atoms with Crippen molar-refractivity contribution >= 4 is 23.0 Å². The van der Waals surface area contributed by atoms with Crippen LogP contribution in [0.15, 0.2) is 58.7 Å². The number of aryl methyl sites for hydroxylation is 1. The molecule has 0 atom stereocenters. The van der Waals surface area contributed by atoms with E-state index in [-0.39, 0.29) is 11.3 Å². The second kappa shape index (κ2) is 7.60. The van der Waals surface area contributed by atoms with Crippen LogP contribution in [-0.4, -0.2) is 26.8 Å². The van der Waals surface area contributed by atoms with Crippen molar-refractivity contribution in [2.45, 2.75) is 19.9 Å². The van der Waals surface area contributed by atoms with Crippen molar-refractivity contribution in [1.29, 1.82) is 0 Å². The van der Waals surface area contributed by atoms with Gasteiger partial charge in [-0.1, -0.05) is 19.1 Å². The summed E-state index contributed by atoms with van der Waals surface area (Å²) in [7, 11) is 0. The molecule has 3 rings (SSSR count). The summed E-state index contributed by atoms with van der Waals surface area (Å²) in [5.74, 6) is -1.09. The Morgan fingerprint density at radius 2 is 2.00 bits per heavy atom. The summed E-state index contributed by atoms with van der Waals surface area (Å²) in [6.07, 6.45) is 5.35. The number of fused-ring (bicyclic) bond motifs is 1. The Labute approximate surface area is 149 Å². The number of benzene rings is 1. The first-order chi connectivity index (χ1) is 12.6. The third-order valence-electron chi connectivity index (χ3n) is 3.91. The Morgan fingerprint density at radius 1 is 1.27 bits per heavy atom. The lowest BCUT2D eigenvalue weighted by Gasteiger charge is -2.13. The van der Waals surface area contributed by atoms with Crippen LogP contribution < -0.4 is 11.0 Å². The van der Waals surface area contributed by atoms with Crippen LogP contribution in [0.25, 0.3) is 10.9 Å². The lowest BCUT2D eigenvalue weighted by Crippen LogP contribution is -2.31. The molecule has 0 aliphatic rings. The largest absolute Gasteiger partial charge is 0.506 e. The van der Waals surface area contributed by atoms with Gasteiger partial charge in [-0.05, 0) is 36.2 Å². The average molecular weight is 350 g/mol. The van der Waals surface area contributed by atoms with Crippen LogP contribution in [0.4, 0.5) is 0 Å². The van der Waals surface area contributed by atoms with E-state index in [4.69, 9.17) is 0 Å². The highest BCUT2D eigenvalue weighted by atomic mass is 16.3. The van der Waals surface area contributed by atoms with Crippen LogP contribution in [0.1, 0.15) is 29.3 Å². The number of aromatic nitrogens is 2. The number of carbonyl (C=O) groups is 1. The zero-order valence-corrected chi connectivity index (χ0v) is 14.2. The molecule has 26 heavy (non-hydrogen) atoms. The second-order valence-corrected chi connectivity index (χ2v) is 5.68. The van der Waals surface area contributed by atoms with Gasteiger partial charge in [0.1, 0.15) is 11.3 Å². The molecule has 0 aliphatic heterocycles. The molecular weight excluding hydrogens is 332 g/mol.